The summed E-state index contributed by atoms with van der Waals surface area (Å²) >= 11 is 0. The number of carbonyl (C=O) groups is 1. The zero-order valence-corrected chi connectivity index (χ0v) is 20.6. The molecule has 0 radical (unpaired) electrons. The van der Waals surface area contributed by atoms with E-state index in [0.717, 1.165) is 33.7 Å². The lowest BCUT2D eigenvalue weighted by atomic mass is 10.0. The Bertz CT molecular complexity index is 1550. The summed E-state index contributed by atoms with van der Waals surface area (Å²) in [7, 11) is 1.65. The Balaban J connectivity index is 1.52. The minimum atomic E-state index is -0.0569. The number of Topliss-reactive ketones (excluding diaryl/α,β-unsaturated/α-hetero) is 1. The van der Waals surface area contributed by atoms with E-state index in [4.69, 9.17) is 9.72 Å². The van der Waals surface area contributed by atoms with Gasteiger partial charge in [0.05, 0.1) is 41.3 Å². The Morgan fingerprint density at radius 2 is 1.94 bits per heavy atom. The number of fused-ring (bicyclic) bond motifs is 1. The van der Waals surface area contributed by atoms with E-state index >= 15 is 0 Å². The predicted octanol–water partition coefficient (Wildman–Crippen LogP) is 4.28. The van der Waals surface area contributed by atoms with Gasteiger partial charge in [0.25, 0.3) is 0 Å². The number of rotatable bonds is 8. The van der Waals surface area contributed by atoms with Crippen LogP contribution in [0.25, 0.3) is 28.1 Å². The van der Waals surface area contributed by atoms with Gasteiger partial charge in [-0.05, 0) is 63.2 Å². The molecule has 10 nitrogen and oxygen atoms in total. The fraction of sp³-hybridized carbons (Fsp3) is 0.231. The molecule has 0 aliphatic heterocycles. The molecule has 182 valence electrons. The Kier molecular flexibility index (Phi) is 6.26. The number of pyridine rings is 1. The van der Waals surface area contributed by atoms with E-state index in [0.29, 0.717) is 36.0 Å². The molecular weight excluding hydrogens is 456 g/mol. The van der Waals surface area contributed by atoms with Crippen molar-refractivity contribution in [3.63, 3.8) is 0 Å². The highest BCUT2D eigenvalue weighted by Gasteiger charge is 2.18. The summed E-state index contributed by atoms with van der Waals surface area (Å²) in [6.45, 7) is 6.51. The highest BCUT2D eigenvalue weighted by atomic mass is 16.5. The normalized spacial score (nSPS) is 11.2. The largest absolute Gasteiger partial charge is 0.383 e. The first-order valence-electron chi connectivity index (χ1n) is 11.5. The number of hydrogen-bond acceptors (Lipinski definition) is 8. The zero-order chi connectivity index (χ0) is 25.2. The number of ketones is 1. The topological polar surface area (TPSA) is 113 Å². The highest BCUT2D eigenvalue weighted by Crippen LogP contribution is 2.28. The summed E-state index contributed by atoms with van der Waals surface area (Å²) in [6, 6.07) is 13.3. The summed E-state index contributed by atoms with van der Waals surface area (Å²) in [5.41, 5.74) is 6.14. The SMILES string of the molecule is COCCn1cc(-c2nc(-n3cnc4cc(Nc5ccc(C)nn5)ccc43)ccc2C(C)=O)c(C)n1. The number of nitrogens with zero attached hydrogens (tertiary/aromatic N) is 7. The fourth-order valence-corrected chi connectivity index (χ4v) is 4.01. The maximum absolute atomic E-state index is 12.4. The van der Waals surface area contributed by atoms with Crippen LogP contribution in [-0.2, 0) is 11.3 Å². The molecule has 36 heavy (non-hydrogen) atoms. The van der Waals surface area contributed by atoms with Gasteiger partial charge < -0.3 is 10.1 Å². The summed E-state index contributed by atoms with van der Waals surface area (Å²) in [4.78, 5) is 21.9. The van der Waals surface area contributed by atoms with Gasteiger partial charge in [-0.15, -0.1) is 5.10 Å². The predicted molar refractivity (Wildman–Crippen MR) is 137 cm³/mol. The summed E-state index contributed by atoms with van der Waals surface area (Å²) < 4.78 is 8.88. The number of aromatic nitrogens is 7. The average molecular weight is 483 g/mol. The molecule has 1 N–H and O–H groups in total. The van der Waals surface area contributed by atoms with E-state index < -0.39 is 0 Å². The maximum atomic E-state index is 12.4. The Hall–Kier alpha value is -4.44. The molecular formula is C26H26N8O2. The Labute approximate surface area is 208 Å². The molecule has 5 aromatic rings. The van der Waals surface area contributed by atoms with Crippen LogP contribution in [0.1, 0.15) is 28.7 Å². The number of ether oxygens (including phenoxy) is 1. The molecule has 0 saturated carbocycles. The maximum Gasteiger partial charge on any atom is 0.161 e. The summed E-state index contributed by atoms with van der Waals surface area (Å²) in [6.07, 6.45) is 3.64. The molecule has 5 rings (SSSR count). The molecule has 10 heteroatoms. The molecule has 0 bridgehead atoms. The van der Waals surface area contributed by atoms with Gasteiger partial charge in [0.1, 0.15) is 12.1 Å². The second-order valence-electron chi connectivity index (χ2n) is 8.51. The van der Waals surface area contributed by atoms with Crippen LogP contribution in [0, 0.1) is 13.8 Å². The van der Waals surface area contributed by atoms with Crippen molar-refractivity contribution in [1.82, 2.24) is 34.5 Å². The number of aryl methyl sites for hydroxylation is 2. The lowest BCUT2D eigenvalue weighted by Crippen LogP contribution is -2.05. The minimum absolute atomic E-state index is 0.0569. The minimum Gasteiger partial charge on any atom is -0.383 e. The van der Waals surface area contributed by atoms with Crippen molar-refractivity contribution in [3.8, 4) is 17.1 Å². The first-order chi connectivity index (χ1) is 17.4. The van der Waals surface area contributed by atoms with Gasteiger partial charge >= 0.3 is 0 Å². The van der Waals surface area contributed by atoms with E-state index in [1.165, 1.54) is 0 Å². The standard InChI is InChI=1S/C26H26N8O2/c1-16-5-9-24(31-30-16)28-19-6-8-23-22(13-19)27-15-34(23)25-10-7-20(18(3)35)26(29-25)21-14-33(11-12-36-4)32-17(21)2/h5-10,13-15H,11-12H2,1-4H3,(H,28,31). The number of imidazole rings is 1. The van der Waals surface area contributed by atoms with Gasteiger partial charge in [0.2, 0.25) is 0 Å². The van der Waals surface area contributed by atoms with Crippen LogP contribution in [0.2, 0.25) is 0 Å². The van der Waals surface area contributed by atoms with Crippen LogP contribution in [0.4, 0.5) is 11.5 Å². The second kappa shape index (κ2) is 9.67. The number of hydrogen-bond donors (Lipinski definition) is 1. The summed E-state index contributed by atoms with van der Waals surface area (Å²) in [5.74, 6) is 1.26. The second-order valence-corrected chi connectivity index (χ2v) is 8.51. The molecule has 0 aliphatic carbocycles. The third kappa shape index (κ3) is 4.58. The molecule has 0 aliphatic rings. The Morgan fingerprint density at radius 3 is 2.69 bits per heavy atom. The van der Waals surface area contributed by atoms with Gasteiger partial charge in [0.15, 0.2) is 11.6 Å². The van der Waals surface area contributed by atoms with Crippen molar-refractivity contribution in [3.05, 3.63) is 71.9 Å². The van der Waals surface area contributed by atoms with Crippen LogP contribution in [0.3, 0.4) is 0 Å². The van der Waals surface area contributed by atoms with Crippen molar-refractivity contribution in [2.75, 3.05) is 19.0 Å². The van der Waals surface area contributed by atoms with E-state index in [-0.39, 0.29) is 5.78 Å². The van der Waals surface area contributed by atoms with Crippen LogP contribution in [-0.4, -0.2) is 54.0 Å². The van der Waals surface area contributed by atoms with Gasteiger partial charge in [-0.25, -0.2) is 9.97 Å². The molecule has 0 fully saturated rings. The van der Waals surface area contributed by atoms with E-state index in [1.54, 1.807) is 20.4 Å². The van der Waals surface area contributed by atoms with Gasteiger partial charge in [-0.2, -0.15) is 10.2 Å². The van der Waals surface area contributed by atoms with Crippen LogP contribution >= 0.6 is 0 Å². The highest BCUT2D eigenvalue weighted by molar-refractivity contribution is 6.00. The molecule has 0 atom stereocenters. The third-order valence-corrected chi connectivity index (χ3v) is 5.85. The average Bonchev–Trinajstić information content (AvgIpc) is 3.46. The molecule has 0 saturated heterocycles. The van der Waals surface area contributed by atoms with Crippen LogP contribution in [0.15, 0.2) is 55.0 Å². The van der Waals surface area contributed by atoms with Crippen molar-refractivity contribution < 1.29 is 9.53 Å². The van der Waals surface area contributed by atoms with Crippen LogP contribution in [0.5, 0.6) is 0 Å². The van der Waals surface area contributed by atoms with Gasteiger partial charge in [0, 0.05) is 30.1 Å². The zero-order valence-electron chi connectivity index (χ0n) is 20.6. The van der Waals surface area contributed by atoms with Gasteiger partial charge in [-0.1, -0.05) is 0 Å². The first-order valence-corrected chi connectivity index (χ1v) is 11.5. The quantitative estimate of drug-likeness (QED) is 0.326. The Morgan fingerprint density at radius 1 is 1.08 bits per heavy atom. The van der Waals surface area contributed by atoms with Crippen molar-refractivity contribution in [2.45, 2.75) is 27.3 Å². The number of methoxy groups -OCH3 is 1. The molecule has 0 spiro atoms. The van der Waals surface area contributed by atoms with Crippen molar-refractivity contribution in [1.29, 1.82) is 0 Å². The molecule has 0 unspecified atom stereocenters. The molecule has 0 amide bonds. The third-order valence-electron chi connectivity index (χ3n) is 5.85. The monoisotopic (exact) mass is 482 g/mol. The number of carbonyl (C=O) groups excluding carboxylic acids is 1. The smallest absolute Gasteiger partial charge is 0.161 e. The van der Waals surface area contributed by atoms with E-state index in [9.17, 15) is 4.79 Å². The lowest BCUT2D eigenvalue weighted by Gasteiger charge is -2.10. The van der Waals surface area contributed by atoms with E-state index in [2.05, 4.69) is 25.6 Å². The van der Waals surface area contributed by atoms with Gasteiger partial charge in [-0.3, -0.25) is 14.0 Å². The number of anilines is 2. The molecule has 4 aromatic heterocycles. The number of nitrogens with one attached hydrogen (secondary N) is 1. The molecule has 1 aromatic carbocycles. The van der Waals surface area contributed by atoms with Crippen molar-refractivity contribution in [2.24, 2.45) is 0 Å². The first kappa shape index (κ1) is 23.3. The summed E-state index contributed by atoms with van der Waals surface area (Å²) in [5, 5.41) is 16.1. The molecule has 4 heterocycles. The van der Waals surface area contributed by atoms with E-state index in [1.807, 2.05) is 71.8 Å². The fourth-order valence-electron chi connectivity index (χ4n) is 4.01. The number of benzene rings is 1. The van der Waals surface area contributed by atoms with Crippen LogP contribution < -0.4 is 5.32 Å². The van der Waals surface area contributed by atoms with Crippen molar-refractivity contribution >= 4 is 28.3 Å². The lowest BCUT2D eigenvalue weighted by molar-refractivity contribution is 0.101.